The fourth-order valence-corrected chi connectivity index (χ4v) is 4.41. The third kappa shape index (κ3) is 7.63. The number of benzene rings is 2. The number of halogens is 1. The van der Waals surface area contributed by atoms with Crippen molar-refractivity contribution >= 4 is 40.8 Å². The van der Waals surface area contributed by atoms with Gasteiger partial charge in [-0.25, -0.2) is 9.79 Å². The maximum absolute atomic E-state index is 12.8. The molecule has 0 aliphatic rings. The van der Waals surface area contributed by atoms with Gasteiger partial charge in [-0.2, -0.15) is 4.99 Å². The van der Waals surface area contributed by atoms with E-state index < -0.39 is 12.1 Å². The molecule has 0 radical (unpaired) electrons. The number of thiazole rings is 1. The lowest BCUT2D eigenvalue weighted by Crippen LogP contribution is -2.18. The molecular formula is C27H30ClN3O4S. The zero-order valence-electron chi connectivity index (χ0n) is 21.1. The molecule has 0 bridgehead atoms. The van der Waals surface area contributed by atoms with Crippen LogP contribution in [0.3, 0.4) is 0 Å². The zero-order chi connectivity index (χ0) is 26.3. The SMILES string of the molecule is CCCCn1cc(C(C)(C)C)s/c1=N\C(=N/C(=O)Oc1ccccc1)c1cc(Cl)ccc1OC(C)=O. The molecule has 3 rings (SSSR count). The Balaban J connectivity index is 2.20. The molecule has 0 unspecified atom stereocenters. The van der Waals surface area contributed by atoms with Crippen LogP contribution in [0.2, 0.25) is 5.02 Å². The molecule has 3 aromatic rings. The minimum absolute atomic E-state index is 0.0299. The molecule has 1 aromatic heterocycles. The van der Waals surface area contributed by atoms with Gasteiger partial charge in [0.25, 0.3) is 0 Å². The topological polar surface area (TPSA) is 82.2 Å². The zero-order valence-corrected chi connectivity index (χ0v) is 22.7. The fourth-order valence-electron chi connectivity index (χ4n) is 3.16. The van der Waals surface area contributed by atoms with Crippen LogP contribution in [0.5, 0.6) is 11.5 Å². The van der Waals surface area contributed by atoms with Gasteiger partial charge < -0.3 is 14.0 Å². The van der Waals surface area contributed by atoms with Crippen LogP contribution >= 0.6 is 22.9 Å². The van der Waals surface area contributed by atoms with Crippen molar-refractivity contribution in [1.29, 1.82) is 0 Å². The summed E-state index contributed by atoms with van der Waals surface area (Å²) in [6.07, 6.45) is 3.21. The molecule has 190 valence electrons. The highest BCUT2D eigenvalue weighted by Crippen LogP contribution is 2.27. The van der Waals surface area contributed by atoms with Crippen LogP contribution in [0.4, 0.5) is 4.79 Å². The molecule has 2 aromatic carbocycles. The van der Waals surface area contributed by atoms with Crippen LogP contribution in [0.15, 0.2) is 64.7 Å². The Kier molecular flexibility index (Phi) is 9.23. The maximum Gasteiger partial charge on any atom is 0.441 e. The van der Waals surface area contributed by atoms with Gasteiger partial charge in [0.1, 0.15) is 11.5 Å². The highest BCUT2D eigenvalue weighted by molar-refractivity contribution is 7.09. The number of ether oxygens (including phenoxy) is 2. The van der Waals surface area contributed by atoms with E-state index in [1.165, 1.54) is 18.3 Å². The number of aromatic nitrogens is 1. The number of hydrogen-bond donors (Lipinski definition) is 0. The van der Waals surface area contributed by atoms with Gasteiger partial charge in [0.15, 0.2) is 10.6 Å². The van der Waals surface area contributed by atoms with Gasteiger partial charge >= 0.3 is 12.1 Å². The van der Waals surface area contributed by atoms with Crippen LogP contribution in [-0.4, -0.2) is 22.5 Å². The van der Waals surface area contributed by atoms with Crippen LogP contribution in [-0.2, 0) is 16.8 Å². The fraction of sp³-hybridized carbons (Fsp3) is 0.333. The summed E-state index contributed by atoms with van der Waals surface area (Å²) in [6.45, 7) is 10.6. The molecule has 0 aliphatic carbocycles. The molecule has 0 atom stereocenters. The largest absolute Gasteiger partial charge is 0.441 e. The summed E-state index contributed by atoms with van der Waals surface area (Å²) in [5.41, 5.74) is 0.213. The summed E-state index contributed by atoms with van der Waals surface area (Å²) in [4.78, 5) is 35.3. The van der Waals surface area contributed by atoms with Gasteiger partial charge in [-0.1, -0.05) is 63.9 Å². The normalized spacial score (nSPS) is 12.5. The number of aryl methyl sites for hydroxylation is 1. The number of amides is 1. The molecule has 1 amide bonds. The van der Waals surface area contributed by atoms with E-state index in [2.05, 4.69) is 43.5 Å². The van der Waals surface area contributed by atoms with Gasteiger partial charge in [0.2, 0.25) is 0 Å². The van der Waals surface area contributed by atoms with Crippen LogP contribution in [0, 0.1) is 0 Å². The van der Waals surface area contributed by atoms with Gasteiger partial charge in [0.05, 0.1) is 5.56 Å². The predicted molar refractivity (Wildman–Crippen MR) is 143 cm³/mol. The van der Waals surface area contributed by atoms with E-state index in [4.69, 9.17) is 26.1 Å². The minimum Gasteiger partial charge on any atom is -0.426 e. The van der Waals surface area contributed by atoms with E-state index in [0.29, 0.717) is 21.1 Å². The first-order chi connectivity index (χ1) is 17.1. The second-order valence-corrected chi connectivity index (χ2v) is 10.6. The molecule has 7 nitrogen and oxygen atoms in total. The van der Waals surface area contributed by atoms with Crippen LogP contribution < -0.4 is 14.3 Å². The number of esters is 1. The maximum atomic E-state index is 12.8. The molecule has 0 saturated carbocycles. The predicted octanol–water partition coefficient (Wildman–Crippen LogP) is 6.77. The van der Waals surface area contributed by atoms with Crippen molar-refractivity contribution < 1.29 is 19.1 Å². The summed E-state index contributed by atoms with van der Waals surface area (Å²) >= 11 is 7.79. The number of hydrogen-bond acceptors (Lipinski definition) is 5. The molecular weight excluding hydrogens is 498 g/mol. The Bertz CT molecular complexity index is 1320. The van der Waals surface area contributed by atoms with Gasteiger partial charge in [-0.15, -0.1) is 11.3 Å². The Morgan fingerprint density at radius 3 is 2.44 bits per heavy atom. The molecule has 0 aliphatic heterocycles. The van der Waals surface area contributed by atoms with Crippen molar-refractivity contribution in [1.82, 2.24) is 4.57 Å². The quantitative estimate of drug-likeness (QED) is 0.153. The lowest BCUT2D eigenvalue weighted by molar-refractivity contribution is -0.131. The Morgan fingerprint density at radius 1 is 1.08 bits per heavy atom. The second kappa shape index (κ2) is 12.1. The molecule has 9 heteroatoms. The number of carbonyl (C=O) groups is 2. The molecule has 0 fully saturated rings. The number of nitrogens with zero attached hydrogens (tertiary/aromatic N) is 3. The third-order valence-electron chi connectivity index (χ3n) is 5.00. The highest BCUT2D eigenvalue weighted by Gasteiger charge is 2.20. The van der Waals surface area contributed by atoms with Crippen LogP contribution in [0.1, 0.15) is 57.9 Å². The van der Waals surface area contributed by atoms with E-state index >= 15 is 0 Å². The van der Waals surface area contributed by atoms with E-state index in [-0.39, 0.29) is 17.0 Å². The molecule has 1 heterocycles. The average molecular weight is 528 g/mol. The van der Waals surface area contributed by atoms with Crippen molar-refractivity contribution in [3.63, 3.8) is 0 Å². The number of aliphatic imine (C=N–C) groups is 1. The van der Waals surface area contributed by atoms with E-state index in [9.17, 15) is 9.59 Å². The summed E-state index contributed by atoms with van der Waals surface area (Å²) in [6, 6.07) is 13.3. The average Bonchev–Trinajstić information content (AvgIpc) is 3.22. The van der Waals surface area contributed by atoms with E-state index in [0.717, 1.165) is 24.3 Å². The number of carbonyl (C=O) groups excluding carboxylic acids is 2. The third-order valence-corrected chi connectivity index (χ3v) is 6.68. The number of rotatable bonds is 6. The smallest absolute Gasteiger partial charge is 0.426 e. The summed E-state index contributed by atoms with van der Waals surface area (Å²) in [5, 5.41) is 0.376. The first-order valence-corrected chi connectivity index (χ1v) is 12.9. The van der Waals surface area contributed by atoms with Gasteiger partial charge in [-0.3, -0.25) is 4.79 Å². The van der Waals surface area contributed by atoms with Crippen molar-refractivity contribution in [2.75, 3.05) is 0 Å². The monoisotopic (exact) mass is 527 g/mol. The van der Waals surface area contributed by atoms with Crippen molar-refractivity contribution in [3.8, 4) is 11.5 Å². The molecule has 0 spiro atoms. The lowest BCUT2D eigenvalue weighted by Gasteiger charge is -2.14. The summed E-state index contributed by atoms with van der Waals surface area (Å²) in [5.74, 6) is 0.0480. The van der Waals surface area contributed by atoms with Gasteiger partial charge in [-0.05, 0) is 42.2 Å². The van der Waals surface area contributed by atoms with Crippen LogP contribution in [0.25, 0.3) is 0 Å². The standard InChI is InChI=1S/C27H30ClN3O4S/c1-6-7-15-31-17-23(27(3,4)5)36-25(31)29-24(30-26(33)35-20-11-9-8-10-12-20)21-16-19(28)13-14-22(21)34-18(2)32/h8-14,16-17H,6-7,15H2,1-5H3/b29-25-,30-24-. The van der Waals surface area contributed by atoms with Crippen molar-refractivity contribution in [2.45, 2.75) is 59.4 Å². The number of unbranched alkanes of at least 4 members (excludes halogenated alkanes) is 1. The number of amidine groups is 1. The van der Waals surface area contributed by atoms with Crippen molar-refractivity contribution in [2.24, 2.45) is 9.98 Å². The first-order valence-electron chi connectivity index (χ1n) is 11.7. The molecule has 0 saturated heterocycles. The van der Waals surface area contributed by atoms with E-state index in [1.54, 1.807) is 42.5 Å². The van der Waals surface area contributed by atoms with Gasteiger partial charge in [0, 0.05) is 29.6 Å². The Morgan fingerprint density at radius 2 is 1.81 bits per heavy atom. The summed E-state index contributed by atoms with van der Waals surface area (Å²) < 4.78 is 12.8. The molecule has 0 N–H and O–H groups in total. The number of para-hydroxylation sites is 1. The molecule has 36 heavy (non-hydrogen) atoms. The highest BCUT2D eigenvalue weighted by atomic mass is 35.5. The first kappa shape index (κ1) is 27.4. The lowest BCUT2D eigenvalue weighted by atomic mass is 9.95. The Hall–Kier alpha value is -3.23. The minimum atomic E-state index is -0.860. The summed E-state index contributed by atoms with van der Waals surface area (Å²) in [7, 11) is 0. The van der Waals surface area contributed by atoms with Crippen molar-refractivity contribution in [3.05, 3.63) is 75.0 Å². The van der Waals surface area contributed by atoms with E-state index in [1.807, 2.05) is 6.07 Å². The Labute approximate surface area is 220 Å². The second-order valence-electron chi connectivity index (χ2n) is 9.14.